The number of allylic oxidation sites excluding steroid dienone is 13. The van der Waals surface area contributed by atoms with Crippen molar-refractivity contribution in [3.05, 3.63) is 96.0 Å². The number of rotatable bonds is 7. The Bertz CT molecular complexity index is 631. The second-order valence-corrected chi connectivity index (χ2v) is 7.53. The average Bonchev–Trinajstić information content (AvgIpc) is 2.68. The van der Waals surface area contributed by atoms with Gasteiger partial charge < -0.3 is 0 Å². The van der Waals surface area contributed by atoms with Crippen LogP contribution in [0.15, 0.2) is 96.0 Å². The number of hydrogen-bond acceptors (Lipinski definition) is 0. The molecule has 160 valence electrons. The van der Waals surface area contributed by atoms with Gasteiger partial charge in [-0.05, 0) is 64.0 Å². The van der Waals surface area contributed by atoms with Crippen LogP contribution in [0.2, 0.25) is 6.82 Å². The molecule has 29 heavy (non-hydrogen) atoms. The Morgan fingerprint density at radius 2 is 1.72 bits per heavy atom. The molecule has 1 atom stereocenters. The molecule has 0 saturated heterocycles. The van der Waals surface area contributed by atoms with Crippen molar-refractivity contribution in [2.24, 2.45) is 5.92 Å². The first-order chi connectivity index (χ1) is 13.8. The molecule has 0 radical (unpaired) electrons. The molecule has 0 nitrogen and oxygen atoms in total. The average molecular weight is 392 g/mol. The van der Waals surface area contributed by atoms with Crippen molar-refractivity contribution in [1.29, 1.82) is 0 Å². The lowest BCUT2D eigenvalue weighted by atomic mass is 9.46. The fraction of sp³-hybridized carbons (Fsp3) is 0.429. The van der Waals surface area contributed by atoms with Gasteiger partial charge in [0.05, 0.1) is 0 Å². The third-order valence-electron chi connectivity index (χ3n) is 4.54. The molecule has 0 aromatic rings. The summed E-state index contributed by atoms with van der Waals surface area (Å²) in [6.07, 6.45) is 22.8. The minimum absolute atomic E-state index is 0.509. The molecule has 1 rings (SSSR count). The lowest BCUT2D eigenvalue weighted by Crippen LogP contribution is -2.07. The van der Waals surface area contributed by atoms with Crippen molar-refractivity contribution < 1.29 is 0 Å². The summed E-state index contributed by atoms with van der Waals surface area (Å²) in [6.45, 7) is 24.8. The molecule has 0 spiro atoms. The predicted molar refractivity (Wildman–Crippen MR) is 140 cm³/mol. The second-order valence-electron chi connectivity index (χ2n) is 7.53. The maximum atomic E-state index is 3.81. The van der Waals surface area contributed by atoms with E-state index in [9.17, 15) is 0 Å². The van der Waals surface area contributed by atoms with Crippen LogP contribution in [0.1, 0.15) is 67.7 Å². The van der Waals surface area contributed by atoms with E-state index >= 15 is 0 Å². The topological polar surface area (TPSA) is 0 Å². The van der Waals surface area contributed by atoms with E-state index in [1.54, 1.807) is 0 Å². The van der Waals surface area contributed by atoms with Crippen molar-refractivity contribution in [1.82, 2.24) is 0 Å². The fourth-order valence-corrected chi connectivity index (χ4v) is 2.51. The van der Waals surface area contributed by atoms with Gasteiger partial charge in [0.1, 0.15) is 0 Å². The van der Waals surface area contributed by atoms with Crippen LogP contribution < -0.4 is 0 Å². The standard InChI is InChI=1S/C16H23B.C10H16.C2H6/c1-4-15(2)11-10-14-17(3)16-12-8-6-5-7-9-13-16;1-6-9(4)10(5)7-8(2)3;1-2/h4-6,8,10,12-15H,1,7,9,11H2,2-3H3;6-7H,1H2,2-5H3;1-2H3/b6-5+,12-8-,14-10+,16-13+;10-9-;. The Kier molecular flexibility index (Phi) is 19.4. The second kappa shape index (κ2) is 19.3. The van der Waals surface area contributed by atoms with Gasteiger partial charge in [-0.1, -0.05) is 99.9 Å². The van der Waals surface area contributed by atoms with Crippen LogP contribution in [-0.4, -0.2) is 6.71 Å². The van der Waals surface area contributed by atoms with Crippen molar-refractivity contribution >= 4 is 6.71 Å². The summed E-state index contributed by atoms with van der Waals surface area (Å²) in [5.74, 6) is 2.88. The predicted octanol–water partition coefficient (Wildman–Crippen LogP) is 9.29. The quantitative estimate of drug-likeness (QED) is 0.230. The molecular formula is C28H45B. The van der Waals surface area contributed by atoms with E-state index in [2.05, 4.69) is 103 Å². The lowest BCUT2D eigenvalue weighted by Gasteiger charge is -2.07. The van der Waals surface area contributed by atoms with Gasteiger partial charge in [-0.3, -0.25) is 0 Å². The Morgan fingerprint density at radius 3 is 2.28 bits per heavy atom. The van der Waals surface area contributed by atoms with E-state index in [1.165, 1.54) is 22.2 Å². The van der Waals surface area contributed by atoms with Gasteiger partial charge in [0.25, 0.3) is 0 Å². The van der Waals surface area contributed by atoms with Crippen molar-refractivity contribution in [3.8, 4) is 0 Å². The molecule has 1 aliphatic rings. The molecule has 1 heteroatoms. The first kappa shape index (κ1) is 29.2. The van der Waals surface area contributed by atoms with Crippen molar-refractivity contribution in [3.63, 3.8) is 0 Å². The van der Waals surface area contributed by atoms with Gasteiger partial charge >= 0.3 is 0 Å². The van der Waals surface area contributed by atoms with Gasteiger partial charge in [-0.25, -0.2) is 0 Å². The Hall–Kier alpha value is -2.02. The van der Waals surface area contributed by atoms with Crippen LogP contribution in [0.3, 0.4) is 0 Å². The summed E-state index contributed by atoms with van der Waals surface area (Å²) in [4.78, 5) is 0. The van der Waals surface area contributed by atoms with E-state index < -0.39 is 0 Å². The highest BCUT2D eigenvalue weighted by Gasteiger charge is 2.06. The van der Waals surface area contributed by atoms with Crippen molar-refractivity contribution in [2.45, 2.75) is 74.6 Å². The van der Waals surface area contributed by atoms with E-state index in [0.717, 1.165) is 19.3 Å². The Balaban J connectivity index is 0. The molecule has 0 bridgehead atoms. The summed E-state index contributed by atoms with van der Waals surface area (Å²) in [5.41, 5.74) is 5.31. The molecule has 0 aromatic heterocycles. The summed E-state index contributed by atoms with van der Waals surface area (Å²) < 4.78 is 0. The molecule has 0 fully saturated rings. The molecule has 1 unspecified atom stereocenters. The van der Waals surface area contributed by atoms with Crippen LogP contribution in [0.5, 0.6) is 0 Å². The van der Waals surface area contributed by atoms with E-state index in [1.807, 2.05) is 26.0 Å². The van der Waals surface area contributed by atoms with Gasteiger partial charge in [0, 0.05) is 0 Å². The summed E-state index contributed by atoms with van der Waals surface area (Å²) >= 11 is 0. The first-order valence-electron chi connectivity index (χ1n) is 11.1. The lowest BCUT2D eigenvalue weighted by molar-refractivity contribution is 0.747. The summed E-state index contributed by atoms with van der Waals surface area (Å²) in [6, 6.07) is 0. The molecule has 0 amide bonds. The molecule has 0 N–H and O–H groups in total. The maximum Gasteiger partial charge on any atom is 0.197 e. The van der Waals surface area contributed by atoms with E-state index in [0.29, 0.717) is 12.6 Å². The monoisotopic (exact) mass is 392 g/mol. The zero-order valence-electron chi connectivity index (χ0n) is 20.5. The smallest absolute Gasteiger partial charge is 0.114 e. The van der Waals surface area contributed by atoms with E-state index in [-0.39, 0.29) is 0 Å². The summed E-state index contributed by atoms with van der Waals surface area (Å²) in [5, 5.41) is 0. The van der Waals surface area contributed by atoms with Crippen LogP contribution >= 0.6 is 0 Å². The first-order valence-corrected chi connectivity index (χ1v) is 11.1. The zero-order valence-corrected chi connectivity index (χ0v) is 20.5. The van der Waals surface area contributed by atoms with Gasteiger partial charge in [0.2, 0.25) is 0 Å². The largest absolute Gasteiger partial charge is 0.197 e. The molecule has 0 aliphatic heterocycles. The molecule has 1 aliphatic carbocycles. The van der Waals surface area contributed by atoms with Gasteiger partial charge in [0.15, 0.2) is 6.71 Å². The third kappa shape index (κ3) is 16.6. The third-order valence-corrected chi connectivity index (χ3v) is 4.54. The Labute approximate surface area is 183 Å². The summed E-state index contributed by atoms with van der Waals surface area (Å²) in [7, 11) is 0. The van der Waals surface area contributed by atoms with Crippen LogP contribution in [-0.2, 0) is 0 Å². The van der Waals surface area contributed by atoms with Gasteiger partial charge in [-0.2, -0.15) is 0 Å². The van der Waals surface area contributed by atoms with Gasteiger partial charge in [-0.15, -0.1) is 12.6 Å². The highest BCUT2D eigenvalue weighted by molar-refractivity contribution is 6.71. The zero-order chi connectivity index (χ0) is 22.7. The van der Waals surface area contributed by atoms with Crippen LogP contribution in [0.25, 0.3) is 0 Å². The minimum Gasteiger partial charge on any atom is -0.114 e. The highest BCUT2D eigenvalue weighted by Crippen LogP contribution is 2.12. The molecule has 0 saturated carbocycles. The SMILES string of the molecule is C=C/C(C)=C(/C)C=C(C)C.C=CC(C)C/C=C/B(C)C1=C/CC/C=C/C=C\1.CC. The molecular weight excluding hydrogens is 347 g/mol. The van der Waals surface area contributed by atoms with Crippen LogP contribution in [0.4, 0.5) is 0 Å². The normalized spacial score (nSPS) is 18.6. The Morgan fingerprint density at radius 1 is 1.07 bits per heavy atom. The molecule has 0 heterocycles. The van der Waals surface area contributed by atoms with Crippen LogP contribution in [0, 0.1) is 5.92 Å². The highest BCUT2D eigenvalue weighted by atomic mass is 14.0. The van der Waals surface area contributed by atoms with Crippen molar-refractivity contribution in [2.75, 3.05) is 0 Å². The van der Waals surface area contributed by atoms with E-state index in [4.69, 9.17) is 0 Å². The minimum atomic E-state index is 0.509. The number of hydrogen-bond donors (Lipinski definition) is 0. The fourth-order valence-electron chi connectivity index (χ4n) is 2.51. The maximum absolute atomic E-state index is 3.81. The molecule has 0 aromatic carbocycles.